The zero-order chi connectivity index (χ0) is 14.9. The first-order valence-corrected chi connectivity index (χ1v) is 5.93. The van der Waals surface area contributed by atoms with Crippen molar-refractivity contribution in [1.29, 1.82) is 0 Å². The van der Waals surface area contributed by atoms with Gasteiger partial charge in [-0.3, -0.25) is 14.9 Å². The van der Waals surface area contributed by atoms with E-state index in [2.05, 4.69) is 0 Å². The number of amides is 1. The minimum Gasteiger partial charge on any atom is -0.507 e. The first-order valence-electron chi connectivity index (χ1n) is 5.93. The van der Waals surface area contributed by atoms with E-state index >= 15 is 0 Å². The second-order valence-electron chi connectivity index (χ2n) is 4.45. The first kappa shape index (κ1) is 13.8. The van der Waals surface area contributed by atoms with E-state index in [1.54, 1.807) is 0 Å². The molecule has 1 amide bonds. The lowest BCUT2D eigenvalue weighted by Gasteiger charge is -2.21. The van der Waals surface area contributed by atoms with E-state index < -0.39 is 28.6 Å². The number of hydrogen-bond donors (Lipinski definition) is 2. The molecule has 1 aliphatic rings. The van der Waals surface area contributed by atoms with E-state index in [0.29, 0.717) is 12.8 Å². The summed E-state index contributed by atoms with van der Waals surface area (Å²) >= 11 is 0. The average molecular weight is 280 g/mol. The van der Waals surface area contributed by atoms with Crippen molar-refractivity contribution in [2.75, 3.05) is 6.54 Å². The highest BCUT2D eigenvalue weighted by molar-refractivity contribution is 5.99. The number of phenolic OH excluding ortho intramolecular Hbond substituents is 1. The average Bonchev–Trinajstić information content (AvgIpc) is 2.87. The third-order valence-electron chi connectivity index (χ3n) is 3.22. The van der Waals surface area contributed by atoms with Crippen molar-refractivity contribution in [1.82, 2.24) is 4.90 Å². The Bertz CT molecular complexity index is 585. The van der Waals surface area contributed by atoms with Crippen LogP contribution < -0.4 is 0 Å². The molecule has 1 atom stereocenters. The summed E-state index contributed by atoms with van der Waals surface area (Å²) in [6.07, 6.45) is 0.870. The number of nitro groups is 1. The second kappa shape index (κ2) is 5.16. The molecule has 1 saturated heterocycles. The quantitative estimate of drug-likeness (QED) is 0.629. The zero-order valence-electron chi connectivity index (χ0n) is 10.4. The second-order valence-corrected chi connectivity index (χ2v) is 4.45. The van der Waals surface area contributed by atoms with Crippen LogP contribution in [0.5, 0.6) is 5.75 Å². The van der Waals surface area contributed by atoms with Gasteiger partial charge >= 0.3 is 5.97 Å². The van der Waals surface area contributed by atoms with Gasteiger partial charge < -0.3 is 15.1 Å². The Labute approximate surface area is 113 Å². The van der Waals surface area contributed by atoms with E-state index in [-0.39, 0.29) is 17.8 Å². The number of rotatable bonds is 3. The van der Waals surface area contributed by atoms with Gasteiger partial charge in [-0.2, -0.15) is 0 Å². The molecule has 1 aromatic rings. The van der Waals surface area contributed by atoms with Gasteiger partial charge in [-0.25, -0.2) is 4.79 Å². The summed E-state index contributed by atoms with van der Waals surface area (Å²) in [5.41, 5.74) is -0.593. The molecular weight excluding hydrogens is 268 g/mol. The minimum atomic E-state index is -1.12. The molecule has 0 saturated carbocycles. The fourth-order valence-electron chi connectivity index (χ4n) is 2.23. The number of phenols is 1. The highest BCUT2D eigenvalue weighted by Crippen LogP contribution is 2.27. The third kappa shape index (κ3) is 2.40. The number of nitro benzene ring substituents is 1. The van der Waals surface area contributed by atoms with Gasteiger partial charge in [0.2, 0.25) is 0 Å². The standard InChI is InChI=1S/C12H12N2O6/c15-10-4-3-7(14(19)20)6-8(10)11(16)13-5-1-2-9(13)12(17)18/h3-4,6,9,15H,1-2,5H2,(H,17,18). The summed E-state index contributed by atoms with van der Waals surface area (Å²) in [6, 6.07) is 2.12. The largest absolute Gasteiger partial charge is 0.507 e. The van der Waals surface area contributed by atoms with E-state index in [1.165, 1.54) is 0 Å². The van der Waals surface area contributed by atoms with Crippen LogP contribution in [0.1, 0.15) is 23.2 Å². The molecular formula is C12H12N2O6. The number of carboxylic acids is 1. The van der Waals surface area contributed by atoms with Crippen molar-refractivity contribution < 1.29 is 24.7 Å². The number of benzene rings is 1. The zero-order valence-corrected chi connectivity index (χ0v) is 10.4. The number of carbonyl (C=O) groups excluding carboxylic acids is 1. The summed E-state index contributed by atoms with van der Waals surface area (Å²) < 4.78 is 0. The summed E-state index contributed by atoms with van der Waals surface area (Å²) in [5, 5.41) is 29.4. The van der Waals surface area contributed by atoms with Crippen LogP contribution in [0.25, 0.3) is 0 Å². The molecule has 8 nitrogen and oxygen atoms in total. The summed E-state index contributed by atoms with van der Waals surface area (Å²) in [5.74, 6) is -2.24. The van der Waals surface area contributed by atoms with Crippen molar-refractivity contribution in [3.63, 3.8) is 0 Å². The van der Waals surface area contributed by atoms with Gasteiger partial charge in [0.25, 0.3) is 11.6 Å². The number of carbonyl (C=O) groups is 2. The number of non-ortho nitro benzene ring substituents is 1. The van der Waals surface area contributed by atoms with Crippen molar-refractivity contribution in [2.45, 2.75) is 18.9 Å². The molecule has 8 heteroatoms. The fourth-order valence-corrected chi connectivity index (χ4v) is 2.23. The number of aromatic hydroxyl groups is 1. The van der Waals surface area contributed by atoms with Gasteiger partial charge in [0.05, 0.1) is 10.5 Å². The lowest BCUT2D eigenvalue weighted by Crippen LogP contribution is -2.40. The molecule has 20 heavy (non-hydrogen) atoms. The van der Waals surface area contributed by atoms with Crippen molar-refractivity contribution in [2.24, 2.45) is 0 Å². The molecule has 106 valence electrons. The van der Waals surface area contributed by atoms with Gasteiger partial charge in [0.15, 0.2) is 0 Å². The minimum absolute atomic E-state index is 0.248. The molecule has 1 aliphatic heterocycles. The van der Waals surface area contributed by atoms with Crippen LogP contribution in [0, 0.1) is 10.1 Å². The van der Waals surface area contributed by atoms with Gasteiger partial charge in [-0.05, 0) is 18.9 Å². The Hall–Kier alpha value is -2.64. The van der Waals surface area contributed by atoms with Crippen LogP contribution in [0.15, 0.2) is 18.2 Å². The molecule has 0 aliphatic carbocycles. The Morgan fingerprint density at radius 3 is 2.70 bits per heavy atom. The van der Waals surface area contributed by atoms with Gasteiger partial charge in [0, 0.05) is 18.7 Å². The highest BCUT2D eigenvalue weighted by atomic mass is 16.6. The molecule has 0 aromatic heterocycles. The highest BCUT2D eigenvalue weighted by Gasteiger charge is 2.35. The van der Waals surface area contributed by atoms with Crippen LogP contribution in [0.4, 0.5) is 5.69 Å². The SMILES string of the molecule is O=C(O)C1CCCN1C(=O)c1cc([N+](=O)[O-])ccc1O. The molecule has 2 N–H and O–H groups in total. The fraction of sp³-hybridized carbons (Fsp3) is 0.333. The van der Waals surface area contributed by atoms with E-state index in [0.717, 1.165) is 23.1 Å². The lowest BCUT2D eigenvalue weighted by atomic mass is 10.1. The molecule has 2 rings (SSSR count). The maximum absolute atomic E-state index is 12.2. The molecule has 0 spiro atoms. The normalized spacial score (nSPS) is 18.0. The lowest BCUT2D eigenvalue weighted by molar-refractivity contribution is -0.384. The maximum atomic E-state index is 12.2. The predicted molar refractivity (Wildman–Crippen MR) is 66.5 cm³/mol. The number of carboxylic acid groups (broad SMARTS) is 1. The number of hydrogen-bond acceptors (Lipinski definition) is 5. The van der Waals surface area contributed by atoms with Gasteiger partial charge in [-0.15, -0.1) is 0 Å². The van der Waals surface area contributed by atoms with Crippen molar-refractivity contribution in [3.05, 3.63) is 33.9 Å². The molecule has 1 aromatic carbocycles. The summed E-state index contributed by atoms with van der Waals surface area (Å²) in [4.78, 5) is 34.4. The van der Waals surface area contributed by atoms with Crippen LogP contribution >= 0.6 is 0 Å². The Morgan fingerprint density at radius 2 is 2.10 bits per heavy atom. The maximum Gasteiger partial charge on any atom is 0.326 e. The molecule has 0 radical (unpaired) electrons. The van der Waals surface area contributed by atoms with Crippen LogP contribution in [0.3, 0.4) is 0 Å². The van der Waals surface area contributed by atoms with Crippen LogP contribution in [-0.4, -0.2) is 44.5 Å². The Balaban J connectivity index is 2.35. The van der Waals surface area contributed by atoms with Crippen LogP contribution in [-0.2, 0) is 4.79 Å². The predicted octanol–water partition coefficient (Wildman–Crippen LogP) is 0.990. The summed E-state index contributed by atoms with van der Waals surface area (Å²) in [6.45, 7) is 0.248. The molecule has 1 unspecified atom stereocenters. The molecule has 1 heterocycles. The Morgan fingerprint density at radius 1 is 1.40 bits per heavy atom. The van der Waals surface area contributed by atoms with E-state index in [1.807, 2.05) is 0 Å². The van der Waals surface area contributed by atoms with Crippen LogP contribution in [0.2, 0.25) is 0 Å². The number of likely N-dealkylation sites (tertiary alicyclic amines) is 1. The smallest absolute Gasteiger partial charge is 0.326 e. The monoisotopic (exact) mass is 280 g/mol. The topological polar surface area (TPSA) is 121 Å². The molecule has 1 fully saturated rings. The van der Waals surface area contributed by atoms with E-state index in [4.69, 9.17) is 5.11 Å². The molecule has 0 bridgehead atoms. The van der Waals surface area contributed by atoms with E-state index in [9.17, 15) is 24.8 Å². The van der Waals surface area contributed by atoms with Gasteiger partial charge in [-0.1, -0.05) is 0 Å². The Kier molecular flexibility index (Phi) is 3.55. The van der Waals surface area contributed by atoms with Crippen molar-refractivity contribution >= 4 is 17.6 Å². The summed E-state index contributed by atoms with van der Waals surface area (Å²) in [7, 11) is 0. The first-order chi connectivity index (χ1) is 9.41. The van der Waals surface area contributed by atoms with Crippen molar-refractivity contribution in [3.8, 4) is 5.75 Å². The van der Waals surface area contributed by atoms with Gasteiger partial charge in [0.1, 0.15) is 11.8 Å². The third-order valence-corrected chi connectivity index (χ3v) is 3.22. The number of nitrogens with zero attached hydrogens (tertiary/aromatic N) is 2. The number of aliphatic carboxylic acids is 1.